The van der Waals surface area contributed by atoms with Crippen molar-refractivity contribution in [2.75, 3.05) is 25.0 Å². The summed E-state index contributed by atoms with van der Waals surface area (Å²) in [7, 11) is 0. The van der Waals surface area contributed by atoms with Crippen LogP contribution in [0.25, 0.3) is 0 Å². The average molecular weight is 512 g/mol. The standard InChI is InChI=1S/C23H22Cl2F3N5O/c1-2-3-15(10-32-29)22(34)33-12-16(18(13-33)14-4-6-19(24)20(25)8-14)9-30-21-7-5-17(11-31-21)23(26,27)28/h2-8,10-11,16,18H,1,9,12-13,29H2,(H,30,31)/b15-3+,32-10-. The van der Waals surface area contributed by atoms with Gasteiger partial charge in [0.2, 0.25) is 0 Å². The average Bonchev–Trinajstić information content (AvgIpc) is 3.23. The molecule has 1 aliphatic rings. The largest absolute Gasteiger partial charge is 0.417 e. The van der Waals surface area contributed by atoms with Crippen molar-refractivity contribution in [3.05, 3.63) is 82.0 Å². The first-order chi connectivity index (χ1) is 16.1. The van der Waals surface area contributed by atoms with Gasteiger partial charge < -0.3 is 16.1 Å². The number of hydrazone groups is 1. The Hall–Kier alpha value is -3.04. The zero-order chi connectivity index (χ0) is 24.9. The highest BCUT2D eigenvalue weighted by Crippen LogP contribution is 2.36. The number of nitrogens with zero attached hydrogens (tertiary/aromatic N) is 3. The zero-order valence-corrected chi connectivity index (χ0v) is 19.4. The zero-order valence-electron chi connectivity index (χ0n) is 17.9. The van der Waals surface area contributed by atoms with E-state index in [1.54, 1.807) is 17.0 Å². The SMILES string of the molecule is C=C/C=C(\C=N/N)C(=O)N1CC(CNc2ccc(C(F)(F)F)cn2)C(c2ccc(Cl)c(Cl)c2)C1. The molecule has 0 spiro atoms. The van der Waals surface area contributed by atoms with Gasteiger partial charge in [0.05, 0.1) is 27.4 Å². The summed E-state index contributed by atoms with van der Waals surface area (Å²) in [4.78, 5) is 18.6. The number of nitrogens with two attached hydrogens (primary N) is 1. The van der Waals surface area contributed by atoms with Crippen LogP contribution in [-0.4, -0.2) is 41.6 Å². The van der Waals surface area contributed by atoms with Crippen LogP contribution in [0.15, 0.2) is 65.9 Å². The number of benzene rings is 1. The number of alkyl halides is 3. The van der Waals surface area contributed by atoms with E-state index in [2.05, 4.69) is 22.0 Å². The lowest BCUT2D eigenvalue weighted by Gasteiger charge is -2.20. The predicted molar refractivity (Wildman–Crippen MR) is 128 cm³/mol. The first-order valence-corrected chi connectivity index (χ1v) is 11.0. The number of pyridine rings is 1. The number of aromatic nitrogens is 1. The van der Waals surface area contributed by atoms with Crippen LogP contribution in [0.3, 0.4) is 0 Å². The maximum atomic E-state index is 13.1. The number of amides is 1. The van der Waals surface area contributed by atoms with E-state index in [0.29, 0.717) is 35.5 Å². The van der Waals surface area contributed by atoms with Gasteiger partial charge in [-0.1, -0.05) is 41.9 Å². The second kappa shape index (κ2) is 10.9. The van der Waals surface area contributed by atoms with E-state index in [0.717, 1.165) is 17.8 Å². The molecular formula is C23H22Cl2F3N5O. The second-order valence-corrected chi connectivity index (χ2v) is 8.51. The number of hydrogen-bond acceptors (Lipinski definition) is 5. The first kappa shape index (κ1) is 25.6. The number of hydrogen-bond donors (Lipinski definition) is 2. The van der Waals surface area contributed by atoms with Gasteiger partial charge in [-0.3, -0.25) is 4.79 Å². The number of carbonyl (C=O) groups is 1. The normalized spacial score (nSPS) is 19.0. The van der Waals surface area contributed by atoms with Crippen molar-refractivity contribution in [2.24, 2.45) is 16.9 Å². The van der Waals surface area contributed by atoms with Crippen LogP contribution in [0.1, 0.15) is 17.0 Å². The van der Waals surface area contributed by atoms with Crippen LogP contribution in [-0.2, 0) is 11.0 Å². The fraction of sp³-hybridized carbons (Fsp3) is 0.261. The molecule has 2 unspecified atom stereocenters. The van der Waals surface area contributed by atoms with Crippen LogP contribution < -0.4 is 11.2 Å². The molecule has 2 aromatic rings. The maximum absolute atomic E-state index is 13.1. The maximum Gasteiger partial charge on any atom is 0.417 e. The molecule has 2 heterocycles. The number of allylic oxidation sites excluding steroid dienone is 2. The molecule has 6 nitrogen and oxygen atoms in total. The van der Waals surface area contributed by atoms with E-state index in [9.17, 15) is 18.0 Å². The van der Waals surface area contributed by atoms with Gasteiger partial charge in [0, 0.05) is 37.7 Å². The van der Waals surface area contributed by atoms with Gasteiger partial charge in [-0.25, -0.2) is 4.98 Å². The number of carbonyl (C=O) groups excluding carboxylic acids is 1. The number of anilines is 1. The lowest BCUT2D eigenvalue weighted by Crippen LogP contribution is -2.31. The van der Waals surface area contributed by atoms with E-state index in [1.165, 1.54) is 24.4 Å². The summed E-state index contributed by atoms with van der Waals surface area (Å²) in [6.07, 6.45) is 0.569. The summed E-state index contributed by atoms with van der Waals surface area (Å²) < 4.78 is 38.4. The van der Waals surface area contributed by atoms with Crippen LogP contribution in [0, 0.1) is 5.92 Å². The summed E-state index contributed by atoms with van der Waals surface area (Å²) in [6.45, 7) is 4.73. The van der Waals surface area contributed by atoms with Crippen molar-refractivity contribution in [2.45, 2.75) is 12.1 Å². The Morgan fingerprint density at radius 3 is 2.62 bits per heavy atom. The molecule has 11 heteroatoms. The number of nitrogens with one attached hydrogen (secondary N) is 1. The Balaban J connectivity index is 1.82. The molecule has 0 aliphatic carbocycles. The molecule has 1 aromatic carbocycles. The Labute approximate surface area is 204 Å². The van der Waals surface area contributed by atoms with Crippen molar-refractivity contribution >= 4 is 41.1 Å². The summed E-state index contributed by atoms with van der Waals surface area (Å²) in [5, 5.41) is 7.32. The van der Waals surface area contributed by atoms with Crippen LogP contribution >= 0.6 is 23.2 Å². The smallest absolute Gasteiger partial charge is 0.370 e. The molecule has 3 N–H and O–H groups in total. The van der Waals surface area contributed by atoms with E-state index < -0.39 is 11.7 Å². The van der Waals surface area contributed by atoms with Crippen LogP contribution in [0.5, 0.6) is 0 Å². The van der Waals surface area contributed by atoms with Crippen LogP contribution in [0.2, 0.25) is 10.0 Å². The topological polar surface area (TPSA) is 83.6 Å². The Morgan fingerprint density at radius 1 is 1.26 bits per heavy atom. The summed E-state index contributed by atoms with van der Waals surface area (Å²) >= 11 is 12.3. The monoisotopic (exact) mass is 511 g/mol. The Morgan fingerprint density at radius 2 is 2.03 bits per heavy atom. The van der Waals surface area contributed by atoms with Crippen LogP contribution in [0.4, 0.5) is 19.0 Å². The highest BCUT2D eigenvalue weighted by atomic mass is 35.5. The van der Waals surface area contributed by atoms with Crippen molar-refractivity contribution in [3.8, 4) is 0 Å². The lowest BCUT2D eigenvalue weighted by atomic mass is 9.89. The summed E-state index contributed by atoms with van der Waals surface area (Å²) in [5.41, 5.74) is 0.342. The van der Waals surface area contributed by atoms with Gasteiger partial charge in [-0.2, -0.15) is 18.3 Å². The molecule has 34 heavy (non-hydrogen) atoms. The van der Waals surface area contributed by atoms with Gasteiger partial charge in [0.1, 0.15) is 5.82 Å². The molecule has 1 amide bonds. The molecule has 1 aromatic heterocycles. The minimum atomic E-state index is -4.46. The molecule has 3 rings (SSSR count). The fourth-order valence-corrected chi connectivity index (χ4v) is 4.13. The third-order valence-corrected chi connectivity index (χ3v) is 6.23. The van der Waals surface area contributed by atoms with Gasteiger partial charge in [0.25, 0.3) is 5.91 Å². The Kier molecular flexibility index (Phi) is 8.22. The molecule has 2 atom stereocenters. The molecule has 1 fully saturated rings. The van der Waals surface area contributed by atoms with Gasteiger partial charge >= 0.3 is 6.18 Å². The molecule has 1 aliphatic heterocycles. The third-order valence-electron chi connectivity index (χ3n) is 5.49. The molecule has 0 radical (unpaired) electrons. The minimum absolute atomic E-state index is 0.0925. The predicted octanol–water partition coefficient (Wildman–Crippen LogP) is 5.12. The number of rotatable bonds is 7. The van der Waals surface area contributed by atoms with Crippen molar-refractivity contribution in [1.29, 1.82) is 0 Å². The summed E-state index contributed by atoms with van der Waals surface area (Å²) in [5.74, 6) is 5.06. The number of halogens is 5. The lowest BCUT2D eigenvalue weighted by molar-refractivity contribution is -0.137. The van der Waals surface area contributed by atoms with E-state index in [1.807, 2.05) is 6.07 Å². The Bertz CT molecular complexity index is 1100. The second-order valence-electron chi connectivity index (χ2n) is 7.70. The minimum Gasteiger partial charge on any atom is -0.370 e. The molecular weight excluding hydrogens is 490 g/mol. The quantitative estimate of drug-likeness (QED) is 0.178. The third kappa shape index (κ3) is 6.09. The van der Waals surface area contributed by atoms with Gasteiger partial charge in [-0.05, 0) is 35.9 Å². The van der Waals surface area contributed by atoms with Crippen molar-refractivity contribution in [3.63, 3.8) is 0 Å². The molecule has 0 bridgehead atoms. The van der Waals surface area contributed by atoms with Gasteiger partial charge in [-0.15, -0.1) is 0 Å². The van der Waals surface area contributed by atoms with E-state index >= 15 is 0 Å². The molecule has 180 valence electrons. The first-order valence-electron chi connectivity index (χ1n) is 10.2. The molecule has 1 saturated heterocycles. The molecule has 0 saturated carbocycles. The fourth-order valence-electron chi connectivity index (χ4n) is 3.83. The summed E-state index contributed by atoms with van der Waals surface area (Å²) in [6, 6.07) is 7.54. The highest BCUT2D eigenvalue weighted by molar-refractivity contribution is 6.42. The number of likely N-dealkylation sites (tertiary alicyclic amines) is 1. The van der Waals surface area contributed by atoms with E-state index in [-0.39, 0.29) is 23.3 Å². The van der Waals surface area contributed by atoms with Crippen molar-refractivity contribution < 1.29 is 18.0 Å². The van der Waals surface area contributed by atoms with E-state index in [4.69, 9.17) is 29.0 Å². The van der Waals surface area contributed by atoms with Gasteiger partial charge in [0.15, 0.2) is 0 Å². The highest BCUT2D eigenvalue weighted by Gasteiger charge is 2.37. The van der Waals surface area contributed by atoms with Crippen molar-refractivity contribution in [1.82, 2.24) is 9.88 Å².